The second-order valence-corrected chi connectivity index (χ2v) is 7.88. The van der Waals surface area contributed by atoms with Gasteiger partial charge in [-0.15, -0.1) is 0 Å². The molecule has 3 aromatic rings. The number of imide groups is 1. The zero-order valence-corrected chi connectivity index (χ0v) is 18.2. The van der Waals surface area contributed by atoms with Crippen LogP contribution in [0.5, 0.6) is 0 Å². The van der Waals surface area contributed by atoms with Crippen molar-refractivity contribution >= 4 is 17.8 Å². The standard InChI is InChI=1S/C23H20F3N5O3/c1-13-18(11-28-31(13)2)22(20(33)29-21(34)30-22)12-27-19(32)17-6-4-3-5-16(17)14-7-9-15(10-8-14)23(24,25)26/h3-11H,12H2,1-2H3,(H,27,32)(H2,29,30,33,34). The molecule has 1 fully saturated rings. The molecule has 4 rings (SSSR count). The van der Waals surface area contributed by atoms with Crippen LogP contribution in [-0.4, -0.2) is 34.2 Å². The summed E-state index contributed by atoms with van der Waals surface area (Å²) >= 11 is 0. The molecule has 176 valence electrons. The summed E-state index contributed by atoms with van der Waals surface area (Å²) in [4.78, 5) is 37.8. The minimum absolute atomic E-state index is 0.199. The summed E-state index contributed by atoms with van der Waals surface area (Å²) in [6, 6.07) is 10.2. The Morgan fingerprint density at radius 3 is 2.35 bits per heavy atom. The molecular weight excluding hydrogens is 451 g/mol. The number of hydrogen-bond donors (Lipinski definition) is 3. The van der Waals surface area contributed by atoms with Gasteiger partial charge >= 0.3 is 12.2 Å². The summed E-state index contributed by atoms with van der Waals surface area (Å²) in [6.07, 6.45) is -3.02. The van der Waals surface area contributed by atoms with Gasteiger partial charge in [0.05, 0.1) is 18.3 Å². The summed E-state index contributed by atoms with van der Waals surface area (Å²) in [7, 11) is 1.68. The quantitative estimate of drug-likeness (QED) is 0.498. The average molecular weight is 471 g/mol. The van der Waals surface area contributed by atoms with Crippen molar-refractivity contribution in [1.29, 1.82) is 0 Å². The van der Waals surface area contributed by atoms with Gasteiger partial charge in [0.1, 0.15) is 0 Å². The van der Waals surface area contributed by atoms with Crippen LogP contribution in [0, 0.1) is 6.92 Å². The lowest BCUT2D eigenvalue weighted by Crippen LogP contribution is -2.52. The van der Waals surface area contributed by atoms with Crippen molar-refractivity contribution in [3.05, 3.63) is 77.1 Å². The van der Waals surface area contributed by atoms with Crippen molar-refractivity contribution in [2.24, 2.45) is 7.05 Å². The highest BCUT2D eigenvalue weighted by Crippen LogP contribution is 2.32. The maximum atomic E-state index is 13.1. The molecule has 0 radical (unpaired) electrons. The first-order valence-electron chi connectivity index (χ1n) is 10.2. The molecule has 11 heteroatoms. The predicted octanol–water partition coefficient (Wildman–Crippen LogP) is 2.88. The van der Waals surface area contributed by atoms with Gasteiger partial charge in [0, 0.05) is 23.9 Å². The number of nitrogens with zero attached hydrogens (tertiary/aromatic N) is 2. The Kier molecular flexibility index (Phi) is 5.64. The summed E-state index contributed by atoms with van der Waals surface area (Å²) in [6.45, 7) is 1.46. The van der Waals surface area contributed by atoms with Gasteiger partial charge in [0.2, 0.25) is 0 Å². The molecular formula is C23H20F3N5O3. The zero-order chi connectivity index (χ0) is 24.7. The van der Waals surface area contributed by atoms with E-state index in [1.165, 1.54) is 29.1 Å². The second-order valence-electron chi connectivity index (χ2n) is 7.88. The Morgan fingerprint density at radius 2 is 1.79 bits per heavy atom. The number of halogens is 3. The SMILES string of the molecule is Cc1c(C2(CNC(=O)c3ccccc3-c3ccc(C(F)(F)F)cc3)NC(=O)NC2=O)cnn1C. The molecule has 0 aliphatic carbocycles. The molecule has 4 amide bonds. The van der Waals surface area contributed by atoms with E-state index in [1.54, 1.807) is 32.2 Å². The summed E-state index contributed by atoms with van der Waals surface area (Å²) in [5.74, 6) is -1.20. The van der Waals surface area contributed by atoms with E-state index in [1.807, 2.05) is 0 Å². The largest absolute Gasteiger partial charge is 0.416 e. The molecule has 1 aliphatic heterocycles. The van der Waals surface area contributed by atoms with Gasteiger partial charge in [0.25, 0.3) is 11.8 Å². The third kappa shape index (κ3) is 4.00. The average Bonchev–Trinajstić information content (AvgIpc) is 3.29. The van der Waals surface area contributed by atoms with Gasteiger partial charge < -0.3 is 10.6 Å². The number of rotatable bonds is 5. The van der Waals surface area contributed by atoms with Crippen LogP contribution in [-0.2, 0) is 23.6 Å². The van der Waals surface area contributed by atoms with Crippen molar-refractivity contribution in [3.8, 4) is 11.1 Å². The van der Waals surface area contributed by atoms with Crippen LogP contribution in [0.2, 0.25) is 0 Å². The van der Waals surface area contributed by atoms with Crippen LogP contribution >= 0.6 is 0 Å². The van der Waals surface area contributed by atoms with Crippen molar-refractivity contribution in [2.45, 2.75) is 18.6 Å². The molecule has 34 heavy (non-hydrogen) atoms. The maximum Gasteiger partial charge on any atom is 0.416 e. The lowest BCUT2D eigenvalue weighted by molar-refractivity contribution is -0.137. The number of alkyl halides is 3. The molecule has 0 saturated carbocycles. The van der Waals surface area contributed by atoms with Gasteiger partial charge in [-0.2, -0.15) is 18.3 Å². The maximum absolute atomic E-state index is 13.1. The van der Waals surface area contributed by atoms with E-state index in [-0.39, 0.29) is 12.1 Å². The highest BCUT2D eigenvalue weighted by molar-refractivity contribution is 6.08. The number of hydrogen-bond acceptors (Lipinski definition) is 4. The number of carbonyl (C=O) groups is 3. The molecule has 8 nitrogen and oxygen atoms in total. The first kappa shape index (κ1) is 23.0. The molecule has 1 atom stereocenters. The second kappa shape index (κ2) is 8.32. The van der Waals surface area contributed by atoms with E-state index < -0.39 is 35.1 Å². The van der Waals surface area contributed by atoms with Crippen LogP contribution in [0.3, 0.4) is 0 Å². The Hall–Kier alpha value is -4.15. The van der Waals surface area contributed by atoms with E-state index in [0.717, 1.165) is 12.1 Å². The van der Waals surface area contributed by atoms with Crippen LogP contribution in [0.1, 0.15) is 27.2 Å². The van der Waals surface area contributed by atoms with E-state index in [4.69, 9.17) is 0 Å². The highest BCUT2D eigenvalue weighted by Gasteiger charge is 2.49. The number of carbonyl (C=O) groups excluding carboxylic acids is 3. The molecule has 2 aromatic carbocycles. The van der Waals surface area contributed by atoms with Gasteiger partial charge in [-0.25, -0.2) is 4.79 Å². The Labute approximate surface area is 192 Å². The minimum Gasteiger partial charge on any atom is -0.349 e. The third-order valence-corrected chi connectivity index (χ3v) is 5.85. The summed E-state index contributed by atoms with van der Waals surface area (Å²) < 4.78 is 40.3. The van der Waals surface area contributed by atoms with E-state index in [2.05, 4.69) is 21.0 Å². The van der Waals surface area contributed by atoms with Crippen LogP contribution < -0.4 is 16.0 Å². The molecule has 1 aliphatic rings. The summed E-state index contributed by atoms with van der Waals surface area (Å²) in [5, 5.41) is 11.6. The molecule has 3 N–H and O–H groups in total. The first-order valence-corrected chi connectivity index (χ1v) is 10.2. The third-order valence-electron chi connectivity index (χ3n) is 5.85. The van der Waals surface area contributed by atoms with Gasteiger partial charge in [-0.3, -0.25) is 19.6 Å². The Balaban J connectivity index is 1.63. The highest BCUT2D eigenvalue weighted by atomic mass is 19.4. The number of aryl methyl sites for hydroxylation is 1. The van der Waals surface area contributed by atoms with Gasteiger partial charge in [0.15, 0.2) is 5.54 Å². The van der Waals surface area contributed by atoms with E-state index >= 15 is 0 Å². The smallest absolute Gasteiger partial charge is 0.349 e. The zero-order valence-electron chi connectivity index (χ0n) is 18.2. The molecule has 1 aromatic heterocycles. The van der Waals surface area contributed by atoms with Crippen molar-refractivity contribution in [2.75, 3.05) is 6.54 Å². The molecule has 2 heterocycles. The fourth-order valence-corrected chi connectivity index (χ4v) is 3.90. The van der Waals surface area contributed by atoms with Gasteiger partial charge in [-0.05, 0) is 36.2 Å². The Bertz CT molecular complexity index is 1280. The van der Waals surface area contributed by atoms with E-state index in [0.29, 0.717) is 22.4 Å². The lowest BCUT2D eigenvalue weighted by Gasteiger charge is -2.26. The first-order chi connectivity index (χ1) is 16.0. The fourth-order valence-electron chi connectivity index (χ4n) is 3.90. The number of aromatic nitrogens is 2. The topological polar surface area (TPSA) is 105 Å². The molecule has 1 unspecified atom stereocenters. The van der Waals surface area contributed by atoms with Crippen molar-refractivity contribution in [3.63, 3.8) is 0 Å². The van der Waals surface area contributed by atoms with Crippen molar-refractivity contribution in [1.82, 2.24) is 25.7 Å². The molecule has 0 spiro atoms. The fraction of sp³-hybridized carbons (Fsp3) is 0.217. The predicted molar refractivity (Wildman–Crippen MR) is 116 cm³/mol. The van der Waals surface area contributed by atoms with Gasteiger partial charge in [-0.1, -0.05) is 30.3 Å². The molecule has 0 bridgehead atoms. The van der Waals surface area contributed by atoms with Crippen LogP contribution in [0.25, 0.3) is 11.1 Å². The van der Waals surface area contributed by atoms with Crippen LogP contribution in [0.15, 0.2) is 54.7 Å². The Morgan fingerprint density at radius 1 is 1.12 bits per heavy atom. The van der Waals surface area contributed by atoms with E-state index in [9.17, 15) is 27.6 Å². The van der Waals surface area contributed by atoms with Crippen LogP contribution in [0.4, 0.5) is 18.0 Å². The minimum atomic E-state index is -4.47. The normalized spacial score (nSPS) is 17.9. The van der Waals surface area contributed by atoms with Crippen molar-refractivity contribution < 1.29 is 27.6 Å². The monoisotopic (exact) mass is 471 g/mol. The number of benzene rings is 2. The number of nitrogens with one attached hydrogen (secondary N) is 3. The summed E-state index contributed by atoms with van der Waals surface area (Å²) in [5.41, 5.74) is -0.274. The lowest BCUT2D eigenvalue weighted by atomic mass is 9.90. The molecule has 1 saturated heterocycles. The number of amides is 4. The number of urea groups is 1.